The van der Waals surface area contributed by atoms with Crippen molar-refractivity contribution in [1.29, 1.82) is 0 Å². The Hall–Kier alpha value is -3.24. The van der Waals surface area contributed by atoms with Crippen molar-refractivity contribution in [3.05, 3.63) is 95.1 Å². The van der Waals surface area contributed by atoms with Gasteiger partial charge in [0.15, 0.2) is 0 Å². The van der Waals surface area contributed by atoms with Gasteiger partial charge in [0.2, 0.25) is 0 Å². The van der Waals surface area contributed by atoms with Crippen molar-refractivity contribution in [2.45, 2.75) is 12.3 Å². The molecule has 2 N–H and O–H groups in total. The monoisotopic (exact) mass is 391 g/mol. The van der Waals surface area contributed by atoms with Gasteiger partial charge in [-0.1, -0.05) is 41.9 Å². The van der Waals surface area contributed by atoms with E-state index < -0.39 is 5.97 Å². The van der Waals surface area contributed by atoms with Crippen molar-refractivity contribution in [2.75, 3.05) is 0 Å². The van der Waals surface area contributed by atoms with Gasteiger partial charge in [0, 0.05) is 28.0 Å². The largest absolute Gasteiger partial charge is 0.481 e. The fraction of sp³-hybridized carbons (Fsp3) is 0.0870. The van der Waals surface area contributed by atoms with Crippen LogP contribution in [0.25, 0.3) is 10.9 Å². The molecular weight excluding hydrogens is 374 g/mol. The molecule has 140 valence electrons. The molecule has 0 spiro atoms. The van der Waals surface area contributed by atoms with Crippen molar-refractivity contribution in [3.8, 4) is 11.5 Å². The maximum Gasteiger partial charge on any atom is 0.304 e. The molecule has 28 heavy (non-hydrogen) atoms. The maximum atomic E-state index is 11.6. The number of halogens is 1. The van der Waals surface area contributed by atoms with E-state index in [4.69, 9.17) is 16.3 Å². The zero-order valence-electron chi connectivity index (χ0n) is 14.9. The number of aromatic amines is 1. The number of ether oxygens (including phenoxy) is 1. The number of hydrogen-bond donors (Lipinski definition) is 2. The first-order valence-corrected chi connectivity index (χ1v) is 9.29. The van der Waals surface area contributed by atoms with Gasteiger partial charge in [0.25, 0.3) is 0 Å². The van der Waals surface area contributed by atoms with Gasteiger partial charge in [-0.3, -0.25) is 4.79 Å². The van der Waals surface area contributed by atoms with Gasteiger partial charge in [0.1, 0.15) is 11.5 Å². The number of aliphatic carboxylic acids is 1. The minimum absolute atomic E-state index is 0.0335. The van der Waals surface area contributed by atoms with E-state index in [1.807, 2.05) is 79.0 Å². The molecule has 0 bridgehead atoms. The number of carboxylic acid groups (broad SMARTS) is 1. The highest BCUT2D eigenvalue weighted by Gasteiger charge is 2.22. The number of fused-ring (bicyclic) bond motifs is 1. The lowest BCUT2D eigenvalue weighted by atomic mass is 9.88. The molecule has 0 radical (unpaired) electrons. The summed E-state index contributed by atoms with van der Waals surface area (Å²) >= 11 is 6.17. The van der Waals surface area contributed by atoms with Crippen LogP contribution in [0.1, 0.15) is 23.5 Å². The highest BCUT2D eigenvalue weighted by atomic mass is 35.5. The van der Waals surface area contributed by atoms with Crippen molar-refractivity contribution in [3.63, 3.8) is 0 Å². The number of aromatic nitrogens is 1. The number of carbonyl (C=O) groups is 1. The van der Waals surface area contributed by atoms with E-state index in [1.54, 1.807) is 0 Å². The van der Waals surface area contributed by atoms with Crippen LogP contribution in [0, 0.1) is 0 Å². The molecule has 3 aromatic carbocycles. The minimum Gasteiger partial charge on any atom is -0.481 e. The molecule has 5 heteroatoms. The molecule has 4 rings (SSSR count). The highest BCUT2D eigenvalue weighted by molar-refractivity contribution is 6.31. The summed E-state index contributed by atoms with van der Waals surface area (Å²) in [7, 11) is 0. The molecule has 0 saturated heterocycles. The summed E-state index contributed by atoms with van der Waals surface area (Å²) in [5.41, 5.74) is 2.69. The van der Waals surface area contributed by atoms with E-state index in [2.05, 4.69) is 4.98 Å². The summed E-state index contributed by atoms with van der Waals surface area (Å²) in [6.45, 7) is 0. The first-order chi connectivity index (χ1) is 13.6. The predicted octanol–water partition coefficient (Wildman–Crippen LogP) is 6.22. The topological polar surface area (TPSA) is 62.3 Å². The summed E-state index contributed by atoms with van der Waals surface area (Å²) in [6.07, 6.45) is 1.83. The average molecular weight is 392 g/mol. The third-order valence-electron chi connectivity index (χ3n) is 4.67. The summed E-state index contributed by atoms with van der Waals surface area (Å²) < 4.78 is 5.92. The number of rotatable bonds is 6. The zero-order chi connectivity index (χ0) is 19.5. The lowest BCUT2D eigenvalue weighted by Gasteiger charge is -2.16. The van der Waals surface area contributed by atoms with Gasteiger partial charge in [-0.2, -0.15) is 0 Å². The standard InChI is InChI=1S/C23H18ClNO3/c24-16-9-10-22-20(12-16)21(14-25-22)19(13-23(26)27)15-5-4-8-18(11-15)28-17-6-2-1-3-7-17/h1-12,14,19,25H,13H2,(H,26,27)/t19-/m1/s1. The highest BCUT2D eigenvalue weighted by Crippen LogP contribution is 2.36. The number of benzene rings is 3. The first-order valence-electron chi connectivity index (χ1n) is 8.91. The molecule has 1 aromatic heterocycles. The second-order valence-electron chi connectivity index (χ2n) is 6.57. The Morgan fingerprint density at radius 1 is 1.00 bits per heavy atom. The van der Waals surface area contributed by atoms with Gasteiger partial charge in [-0.25, -0.2) is 0 Å². The van der Waals surface area contributed by atoms with E-state index in [-0.39, 0.29) is 12.3 Å². The molecule has 0 unspecified atom stereocenters. The molecule has 0 aliphatic heterocycles. The third kappa shape index (κ3) is 3.87. The van der Waals surface area contributed by atoms with E-state index in [1.165, 1.54) is 0 Å². The number of hydrogen-bond acceptors (Lipinski definition) is 2. The van der Waals surface area contributed by atoms with Crippen molar-refractivity contribution in [1.82, 2.24) is 4.98 Å². The van der Waals surface area contributed by atoms with E-state index >= 15 is 0 Å². The first kappa shape index (κ1) is 18.1. The molecule has 0 fully saturated rings. The SMILES string of the molecule is O=C(O)C[C@H](c1cccc(Oc2ccccc2)c1)c1c[nH]c2ccc(Cl)cc12. The predicted molar refractivity (Wildman–Crippen MR) is 110 cm³/mol. The quantitative estimate of drug-likeness (QED) is 0.410. The van der Waals surface area contributed by atoms with Gasteiger partial charge in [-0.05, 0) is 53.6 Å². The van der Waals surface area contributed by atoms with Gasteiger partial charge in [0.05, 0.1) is 6.42 Å². The zero-order valence-corrected chi connectivity index (χ0v) is 15.7. The Bertz CT molecular complexity index is 1120. The average Bonchev–Trinajstić information content (AvgIpc) is 3.10. The molecular formula is C23H18ClNO3. The molecule has 0 aliphatic carbocycles. The number of carboxylic acids is 1. The summed E-state index contributed by atoms with van der Waals surface area (Å²) in [6, 6.07) is 22.6. The minimum atomic E-state index is -0.865. The van der Waals surface area contributed by atoms with Gasteiger partial charge in [-0.15, -0.1) is 0 Å². The smallest absolute Gasteiger partial charge is 0.304 e. The van der Waals surface area contributed by atoms with Crippen LogP contribution in [0.3, 0.4) is 0 Å². The molecule has 0 amide bonds. The van der Waals surface area contributed by atoms with Crippen LogP contribution in [-0.2, 0) is 4.79 Å². The van der Waals surface area contributed by atoms with Crippen LogP contribution in [0.2, 0.25) is 5.02 Å². The van der Waals surface area contributed by atoms with Crippen LogP contribution in [0.4, 0.5) is 0 Å². The van der Waals surface area contributed by atoms with E-state index in [0.717, 1.165) is 27.8 Å². The van der Waals surface area contributed by atoms with E-state index in [9.17, 15) is 9.90 Å². The normalized spacial score (nSPS) is 12.0. The van der Waals surface area contributed by atoms with Crippen molar-refractivity contribution < 1.29 is 14.6 Å². The number of H-pyrrole nitrogens is 1. The van der Waals surface area contributed by atoms with E-state index in [0.29, 0.717) is 10.8 Å². The molecule has 4 aromatic rings. The van der Waals surface area contributed by atoms with Crippen LogP contribution in [-0.4, -0.2) is 16.1 Å². The summed E-state index contributed by atoms with van der Waals surface area (Å²) in [5.74, 6) is 0.199. The molecule has 0 aliphatic rings. The lowest BCUT2D eigenvalue weighted by molar-refractivity contribution is -0.137. The van der Waals surface area contributed by atoms with Crippen molar-refractivity contribution >= 4 is 28.5 Å². The summed E-state index contributed by atoms with van der Waals surface area (Å²) in [5, 5.41) is 11.0. The second-order valence-corrected chi connectivity index (χ2v) is 7.01. The Morgan fingerprint density at radius 2 is 1.79 bits per heavy atom. The Balaban J connectivity index is 1.74. The maximum absolute atomic E-state index is 11.6. The van der Waals surface area contributed by atoms with Crippen LogP contribution in [0.5, 0.6) is 11.5 Å². The van der Waals surface area contributed by atoms with Crippen LogP contribution < -0.4 is 4.74 Å². The van der Waals surface area contributed by atoms with Gasteiger partial charge >= 0.3 is 5.97 Å². The van der Waals surface area contributed by atoms with Gasteiger partial charge < -0.3 is 14.8 Å². The van der Waals surface area contributed by atoms with Crippen LogP contribution >= 0.6 is 11.6 Å². The fourth-order valence-electron chi connectivity index (χ4n) is 3.40. The third-order valence-corrected chi connectivity index (χ3v) is 4.90. The fourth-order valence-corrected chi connectivity index (χ4v) is 3.58. The number of para-hydroxylation sites is 1. The number of nitrogens with one attached hydrogen (secondary N) is 1. The molecule has 0 saturated carbocycles. The Morgan fingerprint density at radius 3 is 2.57 bits per heavy atom. The molecule has 1 atom stereocenters. The van der Waals surface area contributed by atoms with Crippen LogP contribution in [0.15, 0.2) is 79.0 Å². The summed E-state index contributed by atoms with van der Waals surface area (Å²) in [4.78, 5) is 14.8. The molecule has 4 nitrogen and oxygen atoms in total. The Kier molecular flexibility index (Phi) is 5.04. The second kappa shape index (κ2) is 7.79. The molecule has 1 heterocycles. The van der Waals surface area contributed by atoms with Crippen molar-refractivity contribution in [2.24, 2.45) is 0 Å². The lowest BCUT2D eigenvalue weighted by Crippen LogP contribution is -2.07. The Labute approximate surface area is 167 Å².